The van der Waals surface area contributed by atoms with Gasteiger partial charge in [-0.3, -0.25) is 0 Å². The quantitative estimate of drug-likeness (QED) is 0.137. The molecule has 0 spiro atoms. The lowest BCUT2D eigenvalue weighted by Crippen LogP contribution is -1.91. The molecule has 11 rings (SSSR count). The van der Waals surface area contributed by atoms with Gasteiger partial charge in [-0.15, -0.1) is 0 Å². The van der Waals surface area contributed by atoms with Crippen molar-refractivity contribution in [1.82, 2.24) is 0 Å². The highest BCUT2D eigenvalue weighted by Gasteiger charge is 2.21. The van der Waals surface area contributed by atoms with Gasteiger partial charge in [0.25, 0.3) is 0 Å². The zero-order chi connectivity index (χ0) is 28.5. The molecule has 11 aromatic rings. The lowest BCUT2D eigenvalue weighted by Gasteiger charge is -2.17. The SMILES string of the molecule is c1ccc2cc3cc4c(cc3cc2c1)oc1cccc2c1c4c1cccc3oc4cc5cc6ccccc6cc5cc4c2c31. The first-order valence-corrected chi connectivity index (χ1v) is 15.1. The molecule has 0 saturated carbocycles. The molecule has 2 heterocycles. The first-order valence-electron chi connectivity index (χ1n) is 15.1. The van der Waals surface area contributed by atoms with Gasteiger partial charge in [-0.2, -0.15) is 0 Å². The van der Waals surface area contributed by atoms with E-state index in [4.69, 9.17) is 8.83 Å². The molecule has 0 saturated heterocycles. The highest BCUT2D eigenvalue weighted by molar-refractivity contribution is 6.40. The van der Waals surface area contributed by atoms with Crippen LogP contribution in [0.1, 0.15) is 0 Å². The molecule has 2 heteroatoms. The summed E-state index contributed by atoms with van der Waals surface area (Å²) in [6, 6.07) is 48.2. The molecule has 0 aliphatic carbocycles. The van der Waals surface area contributed by atoms with Crippen LogP contribution in [0.2, 0.25) is 0 Å². The van der Waals surface area contributed by atoms with E-state index < -0.39 is 0 Å². The largest absolute Gasteiger partial charge is 0.456 e. The van der Waals surface area contributed by atoms with Crippen LogP contribution in [-0.2, 0) is 0 Å². The molecule has 0 radical (unpaired) electrons. The third-order valence-corrected chi connectivity index (χ3v) is 9.68. The molecule has 202 valence electrons. The third-order valence-electron chi connectivity index (χ3n) is 9.68. The van der Waals surface area contributed by atoms with Crippen molar-refractivity contribution in [3.63, 3.8) is 0 Å². The predicted molar refractivity (Wildman–Crippen MR) is 186 cm³/mol. The summed E-state index contributed by atoms with van der Waals surface area (Å²) in [6.07, 6.45) is 0. The van der Waals surface area contributed by atoms with E-state index in [-0.39, 0.29) is 0 Å². The molecule has 0 aliphatic heterocycles. The van der Waals surface area contributed by atoms with Gasteiger partial charge in [-0.25, -0.2) is 0 Å². The maximum Gasteiger partial charge on any atom is 0.135 e. The van der Waals surface area contributed by atoms with Gasteiger partial charge in [-0.1, -0.05) is 72.8 Å². The minimum atomic E-state index is 0.892. The summed E-state index contributed by atoms with van der Waals surface area (Å²) in [5.41, 5.74) is 3.58. The Morgan fingerprint density at radius 3 is 1.05 bits per heavy atom. The zero-order valence-electron chi connectivity index (χ0n) is 23.5. The van der Waals surface area contributed by atoms with Gasteiger partial charge in [0, 0.05) is 32.3 Å². The Morgan fingerprint density at radius 1 is 0.250 bits per heavy atom. The molecule has 0 fully saturated rings. The maximum atomic E-state index is 6.74. The maximum absolute atomic E-state index is 6.74. The highest BCUT2D eigenvalue weighted by Crippen LogP contribution is 2.47. The zero-order valence-corrected chi connectivity index (χ0v) is 23.5. The molecule has 0 bridgehead atoms. The Labute approximate surface area is 250 Å². The van der Waals surface area contributed by atoms with Crippen molar-refractivity contribution in [3.05, 3.63) is 133 Å². The van der Waals surface area contributed by atoms with E-state index in [2.05, 4.69) is 133 Å². The first-order chi connectivity index (χ1) is 21.8. The normalized spacial score (nSPS) is 12.5. The van der Waals surface area contributed by atoms with E-state index in [0.717, 1.165) is 43.9 Å². The average molecular weight is 559 g/mol. The topological polar surface area (TPSA) is 26.3 Å². The third kappa shape index (κ3) is 2.90. The number of fused-ring (bicyclic) bond motifs is 10. The molecule has 0 aliphatic rings. The molecule has 0 unspecified atom stereocenters. The predicted octanol–water partition coefficient (Wildman–Crippen LogP) is 12.4. The van der Waals surface area contributed by atoms with E-state index in [1.54, 1.807) is 0 Å². The van der Waals surface area contributed by atoms with Gasteiger partial charge < -0.3 is 8.83 Å². The number of hydrogen-bond donors (Lipinski definition) is 0. The van der Waals surface area contributed by atoms with Crippen molar-refractivity contribution < 1.29 is 8.83 Å². The Hall–Kier alpha value is -5.86. The van der Waals surface area contributed by atoms with Crippen molar-refractivity contribution in [2.45, 2.75) is 0 Å². The van der Waals surface area contributed by atoms with Gasteiger partial charge in [-0.05, 0) is 115 Å². The molecule has 0 atom stereocenters. The Morgan fingerprint density at radius 2 is 0.636 bits per heavy atom. The molecule has 44 heavy (non-hydrogen) atoms. The van der Waals surface area contributed by atoms with Gasteiger partial charge >= 0.3 is 0 Å². The molecule has 0 amide bonds. The first kappa shape index (κ1) is 22.7. The second-order valence-corrected chi connectivity index (χ2v) is 12.1. The van der Waals surface area contributed by atoms with Crippen LogP contribution < -0.4 is 0 Å². The molecule has 2 aromatic heterocycles. The van der Waals surface area contributed by atoms with Crippen LogP contribution in [0.15, 0.2) is 142 Å². The average Bonchev–Trinajstić information content (AvgIpc) is 3.05. The van der Waals surface area contributed by atoms with Gasteiger partial charge in [0.15, 0.2) is 0 Å². The van der Waals surface area contributed by atoms with Crippen LogP contribution in [0.5, 0.6) is 0 Å². The summed E-state index contributed by atoms with van der Waals surface area (Å²) in [7, 11) is 0. The van der Waals surface area contributed by atoms with E-state index >= 15 is 0 Å². The van der Waals surface area contributed by atoms with Crippen LogP contribution in [0.3, 0.4) is 0 Å². The second kappa shape index (κ2) is 7.94. The van der Waals surface area contributed by atoms with Crippen molar-refractivity contribution in [3.8, 4) is 0 Å². The standard InChI is InChI=1S/C42H22O2/c1-3-9-25-17-29-21-37-33(19-27(29)15-23(25)7-1)39-31-11-5-14-36-42(31)40(32-12-6-13-35(43-37)41(32)39)34-20-28-16-24-8-2-4-10-26(24)18-30(28)22-38(34)44-36/h1-22H. The van der Waals surface area contributed by atoms with Crippen LogP contribution >= 0.6 is 0 Å². The minimum Gasteiger partial charge on any atom is -0.456 e. The summed E-state index contributed by atoms with van der Waals surface area (Å²) in [5.74, 6) is 0. The lowest BCUT2D eigenvalue weighted by atomic mass is 9.89. The monoisotopic (exact) mass is 558 g/mol. The summed E-state index contributed by atoms with van der Waals surface area (Å²) in [6.45, 7) is 0. The smallest absolute Gasteiger partial charge is 0.135 e. The van der Waals surface area contributed by atoms with Crippen LogP contribution in [0.25, 0.3) is 109 Å². The minimum absolute atomic E-state index is 0.892. The van der Waals surface area contributed by atoms with Gasteiger partial charge in [0.1, 0.15) is 22.3 Å². The van der Waals surface area contributed by atoms with Crippen LogP contribution in [-0.4, -0.2) is 0 Å². The molecular formula is C42H22O2. The number of hydrogen-bond acceptors (Lipinski definition) is 2. The fourth-order valence-corrected chi connectivity index (χ4v) is 7.73. The van der Waals surface area contributed by atoms with E-state index in [0.29, 0.717) is 0 Å². The Bertz CT molecular complexity index is 2840. The highest BCUT2D eigenvalue weighted by atomic mass is 16.3. The summed E-state index contributed by atoms with van der Waals surface area (Å²) in [4.78, 5) is 0. The molecule has 0 N–H and O–H groups in total. The summed E-state index contributed by atoms with van der Waals surface area (Å²) >= 11 is 0. The van der Waals surface area contributed by atoms with E-state index in [1.807, 2.05) is 0 Å². The van der Waals surface area contributed by atoms with Crippen LogP contribution in [0.4, 0.5) is 0 Å². The van der Waals surface area contributed by atoms with E-state index in [9.17, 15) is 0 Å². The molecular weight excluding hydrogens is 536 g/mol. The Kier molecular flexibility index (Phi) is 4.10. The van der Waals surface area contributed by atoms with Crippen molar-refractivity contribution in [1.29, 1.82) is 0 Å². The second-order valence-electron chi connectivity index (χ2n) is 12.1. The molecule has 9 aromatic carbocycles. The van der Waals surface area contributed by atoms with Crippen LogP contribution in [0, 0.1) is 0 Å². The van der Waals surface area contributed by atoms with Crippen molar-refractivity contribution in [2.75, 3.05) is 0 Å². The molecule has 2 nitrogen and oxygen atoms in total. The number of rotatable bonds is 0. The van der Waals surface area contributed by atoms with Gasteiger partial charge in [0.2, 0.25) is 0 Å². The number of benzene rings is 9. The summed E-state index contributed by atoms with van der Waals surface area (Å²) < 4.78 is 13.5. The fraction of sp³-hybridized carbons (Fsp3) is 0. The lowest BCUT2D eigenvalue weighted by molar-refractivity contribution is 0.661. The van der Waals surface area contributed by atoms with Gasteiger partial charge in [0.05, 0.1) is 0 Å². The Balaban J connectivity index is 1.36. The fourth-order valence-electron chi connectivity index (χ4n) is 7.73. The summed E-state index contributed by atoms with van der Waals surface area (Å²) in [5, 5.41) is 19.1. The van der Waals surface area contributed by atoms with E-state index in [1.165, 1.54) is 64.6 Å². The van der Waals surface area contributed by atoms with Crippen molar-refractivity contribution >= 4 is 109 Å². The van der Waals surface area contributed by atoms with Crippen molar-refractivity contribution in [2.24, 2.45) is 0 Å².